The Balaban J connectivity index is 0.00000364. The van der Waals surface area contributed by atoms with Crippen LogP contribution < -0.4 is 15.4 Å². The topological polar surface area (TPSA) is 58.5 Å². The molecular weight excluding hydrogens is 471 g/mol. The molecule has 0 amide bonds. The maximum Gasteiger partial charge on any atom is 0.191 e. The number of guanidine groups is 1. The van der Waals surface area contributed by atoms with E-state index in [2.05, 4.69) is 53.5 Å². The number of nitrogens with zero attached hydrogens (tertiary/aromatic N) is 2. The molecule has 0 aliphatic rings. The molecule has 0 aliphatic heterocycles. The van der Waals surface area contributed by atoms with Crippen LogP contribution in [-0.4, -0.2) is 37.7 Å². The van der Waals surface area contributed by atoms with Gasteiger partial charge < -0.3 is 15.4 Å². The van der Waals surface area contributed by atoms with Gasteiger partial charge in [-0.2, -0.15) is 0 Å². The SMILES string of the molecule is CCc1cnc(CCNC(=NC)NCCOc2ccccc2C(C)C)s1.I. The van der Waals surface area contributed by atoms with Gasteiger partial charge in [0, 0.05) is 31.1 Å². The zero-order valence-corrected chi connectivity index (χ0v) is 19.8. The van der Waals surface area contributed by atoms with Crippen molar-refractivity contribution in [2.24, 2.45) is 4.99 Å². The van der Waals surface area contributed by atoms with Crippen LogP contribution in [0.5, 0.6) is 5.75 Å². The molecular formula is C20H31IN4OS. The van der Waals surface area contributed by atoms with E-state index in [4.69, 9.17) is 4.74 Å². The monoisotopic (exact) mass is 502 g/mol. The molecule has 1 aromatic heterocycles. The number of ether oxygens (including phenoxy) is 1. The smallest absolute Gasteiger partial charge is 0.191 e. The molecule has 2 aromatic rings. The number of nitrogens with one attached hydrogen (secondary N) is 2. The summed E-state index contributed by atoms with van der Waals surface area (Å²) in [4.78, 5) is 10.0. The lowest BCUT2D eigenvalue weighted by atomic mass is 10.0. The van der Waals surface area contributed by atoms with Gasteiger partial charge >= 0.3 is 0 Å². The zero-order valence-electron chi connectivity index (χ0n) is 16.6. The van der Waals surface area contributed by atoms with Crippen LogP contribution in [0.2, 0.25) is 0 Å². The Morgan fingerprint density at radius 3 is 2.63 bits per heavy atom. The van der Waals surface area contributed by atoms with Crippen molar-refractivity contribution in [2.45, 2.75) is 39.5 Å². The van der Waals surface area contributed by atoms with Crippen LogP contribution in [0, 0.1) is 0 Å². The minimum atomic E-state index is 0. The standard InChI is InChI=1S/C20H30N4OS.HI/c1-5-16-14-24-19(26-16)10-11-22-20(21-4)23-12-13-25-18-9-7-6-8-17(18)15(2)3;/h6-9,14-15H,5,10-13H2,1-4H3,(H2,21,22,23);1H. The molecule has 0 saturated carbocycles. The lowest BCUT2D eigenvalue weighted by Crippen LogP contribution is -2.40. The Labute approximate surface area is 184 Å². The maximum absolute atomic E-state index is 5.93. The van der Waals surface area contributed by atoms with Crippen molar-refractivity contribution in [3.05, 3.63) is 45.9 Å². The Morgan fingerprint density at radius 2 is 1.96 bits per heavy atom. The molecule has 1 heterocycles. The molecule has 0 saturated heterocycles. The second kappa shape index (κ2) is 12.9. The number of aryl methyl sites for hydroxylation is 1. The molecule has 0 aliphatic carbocycles. The number of benzene rings is 1. The summed E-state index contributed by atoms with van der Waals surface area (Å²) >= 11 is 1.78. The summed E-state index contributed by atoms with van der Waals surface area (Å²) in [5.74, 6) is 2.20. The maximum atomic E-state index is 5.93. The van der Waals surface area contributed by atoms with Gasteiger partial charge in [0.25, 0.3) is 0 Å². The van der Waals surface area contributed by atoms with Gasteiger partial charge in [-0.3, -0.25) is 4.99 Å². The molecule has 150 valence electrons. The molecule has 27 heavy (non-hydrogen) atoms. The van der Waals surface area contributed by atoms with Gasteiger partial charge in [-0.05, 0) is 24.0 Å². The van der Waals surface area contributed by atoms with E-state index in [-0.39, 0.29) is 24.0 Å². The van der Waals surface area contributed by atoms with E-state index in [0.29, 0.717) is 19.1 Å². The number of para-hydroxylation sites is 1. The first-order valence-electron chi connectivity index (χ1n) is 9.23. The predicted molar refractivity (Wildman–Crippen MR) is 126 cm³/mol. The highest BCUT2D eigenvalue weighted by Gasteiger charge is 2.07. The Kier molecular flexibility index (Phi) is 11.3. The van der Waals surface area contributed by atoms with E-state index in [0.717, 1.165) is 31.1 Å². The van der Waals surface area contributed by atoms with Gasteiger partial charge in [0.05, 0.1) is 11.6 Å². The number of hydrogen-bond donors (Lipinski definition) is 2. The normalized spacial score (nSPS) is 11.2. The first kappa shape index (κ1) is 23.7. The predicted octanol–water partition coefficient (Wildman–Crippen LogP) is 4.23. The average molecular weight is 502 g/mol. The largest absolute Gasteiger partial charge is 0.491 e. The summed E-state index contributed by atoms with van der Waals surface area (Å²) in [7, 11) is 1.78. The van der Waals surface area contributed by atoms with Crippen LogP contribution in [-0.2, 0) is 12.8 Å². The van der Waals surface area contributed by atoms with E-state index >= 15 is 0 Å². The Hall–Kier alpha value is -1.35. The van der Waals surface area contributed by atoms with Crippen molar-refractivity contribution in [1.29, 1.82) is 0 Å². The van der Waals surface area contributed by atoms with Crippen LogP contribution in [0.15, 0.2) is 35.5 Å². The van der Waals surface area contributed by atoms with Crippen molar-refractivity contribution in [1.82, 2.24) is 15.6 Å². The van der Waals surface area contributed by atoms with Gasteiger partial charge in [-0.25, -0.2) is 4.98 Å². The molecule has 0 bridgehead atoms. The number of halogens is 1. The zero-order chi connectivity index (χ0) is 18.8. The van der Waals surface area contributed by atoms with E-state index in [1.165, 1.54) is 15.4 Å². The molecule has 5 nitrogen and oxygen atoms in total. The highest BCUT2D eigenvalue weighted by molar-refractivity contribution is 14.0. The van der Waals surface area contributed by atoms with Gasteiger partial charge in [0.1, 0.15) is 12.4 Å². The van der Waals surface area contributed by atoms with E-state index in [1.54, 1.807) is 18.4 Å². The number of aliphatic imine (C=N–C) groups is 1. The fraction of sp³-hybridized carbons (Fsp3) is 0.500. The summed E-state index contributed by atoms with van der Waals surface area (Å²) in [5, 5.41) is 7.78. The summed E-state index contributed by atoms with van der Waals surface area (Å²) in [6.07, 6.45) is 3.93. The second-order valence-electron chi connectivity index (χ2n) is 6.29. The van der Waals surface area contributed by atoms with Gasteiger partial charge in [-0.15, -0.1) is 35.3 Å². The van der Waals surface area contributed by atoms with Crippen molar-refractivity contribution in [3.8, 4) is 5.75 Å². The van der Waals surface area contributed by atoms with Crippen LogP contribution >= 0.6 is 35.3 Å². The first-order chi connectivity index (χ1) is 12.6. The Bertz CT molecular complexity index is 703. The molecule has 0 fully saturated rings. The van der Waals surface area contributed by atoms with Crippen LogP contribution in [0.3, 0.4) is 0 Å². The third kappa shape index (κ3) is 8.04. The quantitative estimate of drug-likeness (QED) is 0.233. The second-order valence-corrected chi connectivity index (χ2v) is 7.49. The van der Waals surface area contributed by atoms with E-state index in [9.17, 15) is 0 Å². The number of thiazole rings is 1. The molecule has 0 unspecified atom stereocenters. The Morgan fingerprint density at radius 1 is 1.22 bits per heavy atom. The van der Waals surface area contributed by atoms with Gasteiger partial charge in [-0.1, -0.05) is 39.0 Å². The molecule has 2 N–H and O–H groups in total. The van der Waals surface area contributed by atoms with E-state index < -0.39 is 0 Å². The third-order valence-electron chi connectivity index (χ3n) is 4.00. The molecule has 0 spiro atoms. The summed E-state index contributed by atoms with van der Waals surface area (Å²) in [6, 6.07) is 8.22. The fourth-order valence-corrected chi connectivity index (χ4v) is 3.42. The van der Waals surface area contributed by atoms with Crippen LogP contribution in [0.1, 0.15) is 42.1 Å². The number of aromatic nitrogens is 1. The highest BCUT2D eigenvalue weighted by Crippen LogP contribution is 2.25. The van der Waals surface area contributed by atoms with Crippen molar-refractivity contribution in [2.75, 3.05) is 26.7 Å². The molecule has 0 radical (unpaired) electrons. The third-order valence-corrected chi connectivity index (χ3v) is 5.20. The minimum absolute atomic E-state index is 0. The average Bonchev–Trinajstić information content (AvgIpc) is 3.11. The molecule has 1 aromatic carbocycles. The van der Waals surface area contributed by atoms with E-state index in [1.807, 2.05) is 18.3 Å². The molecule has 2 rings (SSSR count). The van der Waals surface area contributed by atoms with Crippen molar-refractivity contribution in [3.63, 3.8) is 0 Å². The summed E-state index contributed by atoms with van der Waals surface area (Å²) < 4.78 is 5.93. The molecule has 7 heteroatoms. The van der Waals surface area contributed by atoms with Crippen LogP contribution in [0.4, 0.5) is 0 Å². The fourth-order valence-electron chi connectivity index (χ4n) is 2.55. The van der Waals surface area contributed by atoms with Gasteiger partial charge in [0.15, 0.2) is 5.96 Å². The summed E-state index contributed by atoms with van der Waals surface area (Å²) in [6.45, 7) is 8.62. The van der Waals surface area contributed by atoms with Gasteiger partial charge in [0.2, 0.25) is 0 Å². The molecule has 0 atom stereocenters. The highest BCUT2D eigenvalue weighted by atomic mass is 127. The lowest BCUT2D eigenvalue weighted by Gasteiger charge is -2.15. The minimum Gasteiger partial charge on any atom is -0.491 e. The van der Waals surface area contributed by atoms with Crippen molar-refractivity contribution >= 4 is 41.3 Å². The number of rotatable bonds is 9. The van der Waals surface area contributed by atoms with Crippen molar-refractivity contribution < 1.29 is 4.74 Å². The number of hydrogen-bond acceptors (Lipinski definition) is 4. The first-order valence-corrected chi connectivity index (χ1v) is 10.1. The summed E-state index contributed by atoms with van der Waals surface area (Å²) in [5.41, 5.74) is 1.24. The van der Waals surface area contributed by atoms with Crippen LogP contribution in [0.25, 0.3) is 0 Å². The lowest BCUT2D eigenvalue weighted by molar-refractivity contribution is 0.317.